The number of hydrogen-bond donors (Lipinski definition) is 2. The van der Waals surface area contributed by atoms with Crippen molar-refractivity contribution in [3.05, 3.63) is 71.8 Å². The average molecular weight is 408 g/mol. The number of benzene rings is 2. The molecule has 0 radical (unpaired) electrons. The number of aliphatic hydroxyl groups is 1. The van der Waals surface area contributed by atoms with E-state index in [-0.39, 0.29) is 11.9 Å². The molecule has 5 heteroatoms. The van der Waals surface area contributed by atoms with Crippen LogP contribution in [0.3, 0.4) is 0 Å². The van der Waals surface area contributed by atoms with Crippen molar-refractivity contribution < 1.29 is 19.4 Å². The molecule has 0 spiro atoms. The van der Waals surface area contributed by atoms with E-state index in [4.69, 9.17) is 4.74 Å². The summed E-state index contributed by atoms with van der Waals surface area (Å²) in [5, 5.41) is 14.4. The number of esters is 1. The van der Waals surface area contributed by atoms with E-state index in [2.05, 4.69) is 5.32 Å². The number of hydrogen-bond acceptors (Lipinski definition) is 4. The van der Waals surface area contributed by atoms with E-state index in [0.717, 1.165) is 5.92 Å². The van der Waals surface area contributed by atoms with Crippen LogP contribution in [0.1, 0.15) is 43.7 Å². The zero-order chi connectivity index (χ0) is 21.1. The van der Waals surface area contributed by atoms with Gasteiger partial charge in [-0.05, 0) is 55.1 Å². The largest absolute Gasteiger partial charge is 0.453 e. The van der Waals surface area contributed by atoms with Crippen LogP contribution < -0.4 is 5.32 Å². The molecule has 0 heterocycles. The monoisotopic (exact) mass is 407 g/mol. The fourth-order valence-corrected chi connectivity index (χ4v) is 5.31. The molecule has 2 fully saturated rings. The Morgan fingerprint density at radius 2 is 1.63 bits per heavy atom. The Balaban J connectivity index is 1.41. The quantitative estimate of drug-likeness (QED) is 0.690. The summed E-state index contributed by atoms with van der Waals surface area (Å²) < 4.78 is 5.30. The predicted molar refractivity (Wildman–Crippen MR) is 113 cm³/mol. The molecule has 0 aliphatic heterocycles. The summed E-state index contributed by atoms with van der Waals surface area (Å²) >= 11 is 0. The van der Waals surface area contributed by atoms with Gasteiger partial charge in [0.25, 0.3) is 5.91 Å². The number of carbonyl (C=O) groups is 2. The number of rotatable bonds is 7. The van der Waals surface area contributed by atoms with Crippen LogP contribution in [0, 0.1) is 17.8 Å². The van der Waals surface area contributed by atoms with Gasteiger partial charge >= 0.3 is 5.97 Å². The lowest BCUT2D eigenvalue weighted by atomic mass is 9.84. The van der Waals surface area contributed by atoms with Crippen molar-refractivity contribution in [2.45, 2.75) is 44.2 Å². The van der Waals surface area contributed by atoms with E-state index in [9.17, 15) is 14.7 Å². The highest BCUT2D eigenvalue weighted by Crippen LogP contribution is 2.49. The number of ether oxygens (including phenoxy) is 1. The minimum Gasteiger partial charge on any atom is -0.453 e. The topological polar surface area (TPSA) is 75.6 Å². The van der Waals surface area contributed by atoms with Crippen LogP contribution in [0.15, 0.2) is 60.7 Å². The highest BCUT2D eigenvalue weighted by molar-refractivity contribution is 5.88. The van der Waals surface area contributed by atoms with Crippen molar-refractivity contribution in [1.82, 2.24) is 5.32 Å². The summed E-state index contributed by atoms with van der Waals surface area (Å²) in [6, 6.07) is 17.4. The van der Waals surface area contributed by atoms with Crippen LogP contribution in [0.4, 0.5) is 0 Å². The summed E-state index contributed by atoms with van der Waals surface area (Å²) in [5.41, 5.74) is -1.17. The first-order valence-corrected chi connectivity index (χ1v) is 10.8. The van der Waals surface area contributed by atoms with Gasteiger partial charge in [0.2, 0.25) is 5.60 Å². The Morgan fingerprint density at radius 3 is 2.13 bits per heavy atom. The molecule has 2 saturated carbocycles. The molecule has 158 valence electrons. The third kappa shape index (κ3) is 3.99. The predicted octanol–water partition coefficient (Wildman–Crippen LogP) is 3.41. The van der Waals surface area contributed by atoms with Crippen molar-refractivity contribution in [3.63, 3.8) is 0 Å². The summed E-state index contributed by atoms with van der Waals surface area (Å²) in [7, 11) is 0. The zero-order valence-corrected chi connectivity index (χ0v) is 17.3. The molecular formula is C25H29NO4. The Kier molecular flexibility index (Phi) is 5.91. The van der Waals surface area contributed by atoms with Crippen LogP contribution in [-0.4, -0.2) is 29.6 Å². The number of amides is 1. The van der Waals surface area contributed by atoms with Gasteiger partial charge in [-0.1, -0.05) is 67.1 Å². The molecule has 2 bridgehead atoms. The number of nitrogens with one attached hydrogen (secondary N) is 1. The fourth-order valence-electron chi connectivity index (χ4n) is 5.31. The van der Waals surface area contributed by atoms with E-state index in [1.165, 1.54) is 25.7 Å². The molecule has 1 amide bonds. The Hall–Kier alpha value is -2.66. The van der Waals surface area contributed by atoms with Gasteiger partial charge in [-0.2, -0.15) is 0 Å². The minimum atomic E-state index is -1.97. The van der Waals surface area contributed by atoms with Crippen molar-refractivity contribution in [1.29, 1.82) is 0 Å². The Labute approximate surface area is 177 Å². The van der Waals surface area contributed by atoms with E-state index < -0.39 is 18.2 Å². The molecule has 2 N–H and O–H groups in total. The Morgan fingerprint density at radius 1 is 1.03 bits per heavy atom. The molecule has 2 aromatic carbocycles. The van der Waals surface area contributed by atoms with Gasteiger partial charge in [-0.15, -0.1) is 0 Å². The molecule has 4 atom stereocenters. The highest BCUT2D eigenvalue weighted by Gasteiger charge is 2.43. The third-order valence-electron chi connectivity index (χ3n) is 6.84. The maximum Gasteiger partial charge on any atom is 0.348 e. The molecular weight excluding hydrogens is 378 g/mol. The molecule has 4 rings (SSSR count). The molecule has 0 aromatic heterocycles. The lowest BCUT2D eigenvalue weighted by Gasteiger charge is -2.29. The van der Waals surface area contributed by atoms with Crippen molar-refractivity contribution in [3.8, 4) is 0 Å². The Bertz CT molecular complexity index is 843. The van der Waals surface area contributed by atoms with Crippen LogP contribution in [0.2, 0.25) is 0 Å². The van der Waals surface area contributed by atoms with Gasteiger partial charge in [0.05, 0.1) is 0 Å². The first-order chi connectivity index (χ1) is 14.5. The molecule has 5 nitrogen and oxygen atoms in total. The van der Waals surface area contributed by atoms with E-state index in [1.54, 1.807) is 48.5 Å². The second-order valence-corrected chi connectivity index (χ2v) is 8.71. The minimum absolute atomic E-state index is 0.0635. The van der Waals surface area contributed by atoms with Crippen LogP contribution in [0.5, 0.6) is 0 Å². The van der Waals surface area contributed by atoms with Gasteiger partial charge in [0.15, 0.2) is 6.61 Å². The summed E-state index contributed by atoms with van der Waals surface area (Å²) in [6.45, 7) is 1.63. The summed E-state index contributed by atoms with van der Waals surface area (Å²) in [6.07, 6.45) is 5.03. The third-order valence-corrected chi connectivity index (χ3v) is 6.84. The molecule has 2 aliphatic rings. The molecule has 30 heavy (non-hydrogen) atoms. The van der Waals surface area contributed by atoms with Gasteiger partial charge in [0, 0.05) is 6.04 Å². The normalized spacial score (nSPS) is 23.7. The standard InChI is InChI=1S/C25H29NO4/c1-17(22-15-18-12-13-19(22)14-18)26-23(27)16-30-24(28)25(29,20-8-4-2-5-9-20)21-10-6-3-7-11-21/h2-11,17-19,22,29H,12-16H2,1H3,(H,26,27). The second kappa shape index (κ2) is 8.60. The van der Waals surface area contributed by atoms with Crippen molar-refractivity contribution in [2.24, 2.45) is 17.8 Å². The van der Waals surface area contributed by atoms with Gasteiger partial charge in [0.1, 0.15) is 0 Å². The smallest absolute Gasteiger partial charge is 0.348 e. The zero-order valence-electron chi connectivity index (χ0n) is 17.3. The first kappa shape index (κ1) is 20.6. The van der Waals surface area contributed by atoms with Gasteiger partial charge in [-0.25, -0.2) is 4.79 Å². The van der Waals surface area contributed by atoms with E-state index in [1.807, 2.05) is 19.1 Å². The fraction of sp³-hybridized carbons (Fsp3) is 0.440. The highest BCUT2D eigenvalue weighted by atomic mass is 16.6. The van der Waals surface area contributed by atoms with Crippen molar-refractivity contribution in [2.75, 3.05) is 6.61 Å². The maximum atomic E-state index is 13.0. The molecule has 4 unspecified atom stereocenters. The summed E-state index contributed by atoms with van der Waals surface area (Å²) in [4.78, 5) is 25.4. The second-order valence-electron chi connectivity index (χ2n) is 8.71. The van der Waals surface area contributed by atoms with Crippen molar-refractivity contribution >= 4 is 11.9 Å². The lowest BCUT2D eigenvalue weighted by molar-refractivity contribution is -0.164. The van der Waals surface area contributed by atoms with Crippen LogP contribution in [-0.2, 0) is 19.9 Å². The van der Waals surface area contributed by atoms with Gasteiger partial charge < -0.3 is 15.2 Å². The van der Waals surface area contributed by atoms with Crippen LogP contribution in [0.25, 0.3) is 0 Å². The first-order valence-electron chi connectivity index (χ1n) is 10.8. The molecule has 2 aliphatic carbocycles. The van der Waals surface area contributed by atoms with Crippen LogP contribution >= 0.6 is 0 Å². The van der Waals surface area contributed by atoms with Gasteiger partial charge in [-0.3, -0.25) is 4.79 Å². The molecule has 2 aromatic rings. The molecule has 0 saturated heterocycles. The number of carbonyl (C=O) groups excluding carboxylic acids is 2. The average Bonchev–Trinajstić information content (AvgIpc) is 3.42. The van der Waals surface area contributed by atoms with E-state index in [0.29, 0.717) is 23.0 Å². The SMILES string of the molecule is CC(NC(=O)COC(=O)C(O)(c1ccccc1)c1ccccc1)C1CC2CCC1C2. The number of fused-ring (bicyclic) bond motifs is 2. The maximum absolute atomic E-state index is 13.0. The van der Waals surface area contributed by atoms with E-state index >= 15 is 0 Å². The lowest BCUT2D eigenvalue weighted by Crippen LogP contribution is -2.44. The summed E-state index contributed by atoms with van der Waals surface area (Å²) in [5.74, 6) is 0.830.